The molecule has 0 radical (unpaired) electrons. The summed E-state index contributed by atoms with van der Waals surface area (Å²) in [7, 11) is 0. The third kappa shape index (κ3) is 3.03. The Hall–Kier alpha value is -2.30. The Kier molecular flexibility index (Phi) is 4.00. The summed E-state index contributed by atoms with van der Waals surface area (Å²) >= 11 is 0. The summed E-state index contributed by atoms with van der Waals surface area (Å²) in [5.41, 5.74) is 2.95. The van der Waals surface area contributed by atoms with Crippen molar-refractivity contribution in [1.29, 1.82) is 0 Å². The summed E-state index contributed by atoms with van der Waals surface area (Å²) in [6.45, 7) is 2.49. The molecular formula is C19H22N2O3. The SMILES string of the molecule is C[C@@H]1Cc2cc(-c3cc(CNC(=O)C4CCCC4)no3)ccc2O1. The van der Waals surface area contributed by atoms with Crippen LogP contribution in [0.1, 0.15) is 43.9 Å². The highest BCUT2D eigenvalue weighted by Crippen LogP contribution is 2.33. The molecule has 1 fully saturated rings. The first kappa shape index (κ1) is 15.2. The molecule has 24 heavy (non-hydrogen) atoms. The molecule has 1 amide bonds. The standard InChI is InChI=1S/C19H22N2O3/c1-12-8-15-9-14(6-7-17(15)23-12)18-10-16(21-24-18)11-20-19(22)13-4-2-3-5-13/h6-7,9-10,12-13H,2-5,8,11H2,1H3,(H,20,22)/t12-/m1/s1. The van der Waals surface area contributed by atoms with Gasteiger partial charge in [0, 0.05) is 24.0 Å². The van der Waals surface area contributed by atoms with E-state index in [2.05, 4.69) is 23.5 Å². The number of hydrogen-bond donors (Lipinski definition) is 1. The fraction of sp³-hybridized carbons (Fsp3) is 0.474. The van der Waals surface area contributed by atoms with Gasteiger partial charge >= 0.3 is 0 Å². The van der Waals surface area contributed by atoms with Crippen LogP contribution in [0.3, 0.4) is 0 Å². The van der Waals surface area contributed by atoms with Crippen LogP contribution in [0, 0.1) is 5.92 Å². The van der Waals surface area contributed by atoms with Crippen LogP contribution in [-0.2, 0) is 17.8 Å². The number of ether oxygens (including phenoxy) is 1. The van der Waals surface area contributed by atoms with E-state index in [4.69, 9.17) is 9.26 Å². The molecule has 2 heterocycles. The maximum Gasteiger partial charge on any atom is 0.223 e. The summed E-state index contributed by atoms with van der Waals surface area (Å²) < 4.78 is 11.2. The Labute approximate surface area is 141 Å². The molecule has 1 aliphatic heterocycles. The van der Waals surface area contributed by atoms with Crippen LogP contribution < -0.4 is 10.1 Å². The highest BCUT2D eigenvalue weighted by Gasteiger charge is 2.23. The molecular weight excluding hydrogens is 304 g/mol. The molecule has 1 aromatic carbocycles. The van der Waals surface area contributed by atoms with Gasteiger partial charge in [0.05, 0.1) is 6.54 Å². The van der Waals surface area contributed by atoms with Gasteiger partial charge in [-0.2, -0.15) is 0 Å². The van der Waals surface area contributed by atoms with Crippen LogP contribution in [0.2, 0.25) is 0 Å². The maximum absolute atomic E-state index is 12.1. The van der Waals surface area contributed by atoms with Gasteiger partial charge in [-0.05, 0) is 43.5 Å². The first-order valence-corrected chi connectivity index (χ1v) is 8.72. The number of carbonyl (C=O) groups is 1. The number of rotatable bonds is 4. The van der Waals surface area contributed by atoms with E-state index in [0.717, 1.165) is 54.9 Å². The molecule has 1 saturated carbocycles. The zero-order valence-electron chi connectivity index (χ0n) is 13.9. The maximum atomic E-state index is 12.1. The molecule has 2 aliphatic rings. The number of amides is 1. The molecule has 0 unspecified atom stereocenters. The first-order valence-electron chi connectivity index (χ1n) is 8.72. The smallest absolute Gasteiger partial charge is 0.223 e. The van der Waals surface area contributed by atoms with E-state index < -0.39 is 0 Å². The van der Waals surface area contributed by atoms with E-state index in [1.165, 1.54) is 5.56 Å². The zero-order chi connectivity index (χ0) is 16.5. The Morgan fingerprint density at radius 1 is 1.29 bits per heavy atom. The number of nitrogens with one attached hydrogen (secondary N) is 1. The number of carbonyl (C=O) groups excluding carboxylic acids is 1. The van der Waals surface area contributed by atoms with Crippen LogP contribution in [0.4, 0.5) is 0 Å². The summed E-state index contributed by atoms with van der Waals surface area (Å²) in [6.07, 6.45) is 5.48. The second kappa shape index (κ2) is 6.30. The normalized spacial score (nSPS) is 20.0. The molecule has 0 bridgehead atoms. The van der Waals surface area contributed by atoms with E-state index in [9.17, 15) is 4.79 Å². The van der Waals surface area contributed by atoms with Crippen LogP contribution in [0.5, 0.6) is 5.75 Å². The molecule has 1 aromatic heterocycles. The molecule has 0 spiro atoms. The predicted octanol–water partition coefficient (Wildman–Crippen LogP) is 3.47. The highest BCUT2D eigenvalue weighted by molar-refractivity contribution is 5.78. The van der Waals surface area contributed by atoms with Gasteiger partial charge in [-0.3, -0.25) is 4.79 Å². The zero-order valence-corrected chi connectivity index (χ0v) is 13.9. The minimum absolute atomic E-state index is 0.140. The van der Waals surface area contributed by atoms with Crippen molar-refractivity contribution in [3.05, 3.63) is 35.5 Å². The minimum atomic E-state index is 0.140. The number of nitrogens with zero attached hydrogens (tertiary/aromatic N) is 1. The van der Waals surface area contributed by atoms with Crippen molar-refractivity contribution in [2.75, 3.05) is 0 Å². The lowest BCUT2D eigenvalue weighted by Gasteiger charge is -2.08. The highest BCUT2D eigenvalue weighted by atomic mass is 16.5. The minimum Gasteiger partial charge on any atom is -0.490 e. The Morgan fingerprint density at radius 3 is 2.96 bits per heavy atom. The van der Waals surface area contributed by atoms with Crippen molar-refractivity contribution in [3.8, 4) is 17.1 Å². The first-order chi connectivity index (χ1) is 11.7. The number of hydrogen-bond acceptors (Lipinski definition) is 4. The Balaban J connectivity index is 1.41. The van der Waals surface area contributed by atoms with Crippen molar-refractivity contribution in [3.63, 3.8) is 0 Å². The second-order valence-corrected chi connectivity index (χ2v) is 6.84. The largest absolute Gasteiger partial charge is 0.490 e. The lowest BCUT2D eigenvalue weighted by Crippen LogP contribution is -2.28. The molecule has 126 valence electrons. The quantitative estimate of drug-likeness (QED) is 0.934. The van der Waals surface area contributed by atoms with Crippen LogP contribution in [0.15, 0.2) is 28.8 Å². The van der Waals surface area contributed by atoms with Gasteiger partial charge in [-0.25, -0.2) is 0 Å². The molecule has 4 rings (SSSR count). The summed E-state index contributed by atoms with van der Waals surface area (Å²) in [5, 5.41) is 7.05. The van der Waals surface area contributed by atoms with E-state index >= 15 is 0 Å². The van der Waals surface area contributed by atoms with Crippen LogP contribution in [-0.4, -0.2) is 17.2 Å². The monoisotopic (exact) mass is 326 g/mol. The van der Waals surface area contributed by atoms with Crippen molar-refractivity contribution < 1.29 is 14.1 Å². The lowest BCUT2D eigenvalue weighted by molar-refractivity contribution is -0.125. The van der Waals surface area contributed by atoms with Crippen LogP contribution >= 0.6 is 0 Å². The van der Waals surface area contributed by atoms with E-state index in [-0.39, 0.29) is 17.9 Å². The molecule has 5 nitrogen and oxygen atoms in total. The van der Waals surface area contributed by atoms with Crippen molar-refractivity contribution in [2.24, 2.45) is 5.92 Å². The summed E-state index contributed by atoms with van der Waals surface area (Å²) in [6, 6.07) is 7.96. The second-order valence-electron chi connectivity index (χ2n) is 6.84. The third-order valence-electron chi connectivity index (χ3n) is 4.91. The van der Waals surface area contributed by atoms with Gasteiger partial charge < -0.3 is 14.6 Å². The molecule has 5 heteroatoms. The van der Waals surface area contributed by atoms with Gasteiger partial charge in [-0.1, -0.05) is 18.0 Å². The molecule has 1 N–H and O–H groups in total. The molecule has 1 aliphatic carbocycles. The lowest BCUT2D eigenvalue weighted by atomic mass is 10.1. The fourth-order valence-corrected chi connectivity index (χ4v) is 3.62. The number of aromatic nitrogens is 1. The van der Waals surface area contributed by atoms with E-state index in [0.29, 0.717) is 6.54 Å². The Morgan fingerprint density at radius 2 is 2.12 bits per heavy atom. The fourth-order valence-electron chi connectivity index (χ4n) is 3.62. The molecule has 0 saturated heterocycles. The van der Waals surface area contributed by atoms with Crippen LogP contribution in [0.25, 0.3) is 11.3 Å². The predicted molar refractivity (Wildman–Crippen MR) is 89.5 cm³/mol. The number of fused-ring (bicyclic) bond motifs is 1. The average Bonchev–Trinajstić information content (AvgIpc) is 3.31. The Bertz CT molecular complexity index is 747. The average molecular weight is 326 g/mol. The van der Waals surface area contributed by atoms with Gasteiger partial charge in [0.25, 0.3) is 0 Å². The summed E-state index contributed by atoms with van der Waals surface area (Å²) in [4.78, 5) is 12.1. The van der Waals surface area contributed by atoms with Crippen molar-refractivity contribution >= 4 is 5.91 Å². The third-order valence-corrected chi connectivity index (χ3v) is 4.91. The van der Waals surface area contributed by atoms with Crippen molar-refractivity contribution in [1.82, 2.24) is 10.5 Å². The van der Waals surface area contributed by atoms with Crippen molar-refractivity contribution in [2.45, 2.75) is 51.7 Å². The van der Waals surface area contributed by atoms with Gasteiger partial charge in [0.15, 0.2) is 5.76 Å². The molecule has 2 aromatic rings. The van der Waals surface area contributed by atoms with E-state index in [1.54, 1.807) is 0 Å². The number of benzene rings is 1. The van der Waals surface area contributed by atoms with E-state index in [1.807, 2.05) is 18.2 Å². The summed E-state index contributed by atoms with van der Waals surface area (Å²) in [5.74, 6) is 1.99. The molecule has 1 atom stereocenters. The van der Waals surface area contributed by atoms with Gasteiger partial charge in [0.2, 0.25) is 5.91 Å². The van der Waals surface area contributed by atoms with Gasteiger partial charge in [-0.15, -0.1) is 0 Å². The topological polar surface area (TPSA) is 64.4 Å². The van der Waals surface area contributed by atoms with Gasteiger partial charge in [0.1, 0.15) is 17.5 Å².